The van der Waals surface area contributed by atoms with Crippen LogP contribution in [-0.2, 0) is 11.3 Å². The Morgan fingerprint density at radius 2 is 1.48 bits per heavy atom. The third-order valence-electron chi connectivity index (χ3n) is 6.11. The zero-order valence-electron chi connectivity index (χ0n) is 16.1. The molecule has 1 atom stereocenters. The van der Waals surface area contributed by atoms with E-state index in [2.05, 4.69) is 24.3 Å². The van der Waals surface area contributed by atoms with Crippen molar-refractivity contribution >= 4 is 6.09 Å². The van der Waals surface area contributed by atoms with E-state index in [9.17, 15) is 9.90 Å². The highest BCUT2D eigenvalue weighted by molar-refractivity contribution is 5.79. The average Bonchev–Trinajstić information content (AvgIpc) is 3.10. The Bertz CT molecular complexity index is 1020. The molecule has 3 aromatic carbocycles. The van der Waals surface area contributed by atoms with Gasteiger partial charge in [-0.3, -0.25) is 0 Å². The lowest BCUT2D eigenvalue weighted by molar-refractivity contribution is 0.0871. The molecule has 4 heteroatoms. The second kappa shape index (κ2) is 7.37. The van der Waals surface area contributed by atoms with Crippen molar-refractivity contribution in [2.45, 2.75) is 18.4 Å². The molecule has 3 aromatic rings. The molecule has 5 rings (SSSR count). The van der Waals surface area contributed by atoms with Gasteiger partial charge in [0, 0.05) is 24.9 Å². The number of rotatable bonds is 3. The van der Waals surface area contributed by atoms with E-state index in [1.807, 2.05) is 48.5 Å². The number of hydrogen-bond acceptors (Lipinski definition) is 3. The number of benzene rings is 3. The third-order valence-corrected chi connectivity index (χ3v) is 6.11. The number of hydrogen-bond donors (Lipinski definition) is 1. The molecule has 0 radical (unpaired) electrons. The van der Waals surface area contributed by atoms with Crippen molar-refractivity contribution in [3.63, 3.8) is 0 Å². The smallest absolute Gasteiger partial charge is 0.410 e. The Hall–Kier alpha value is -3.11. The molecule has 1 aliphatic heterocycles. The van der Waals surface area contributed by atoms with Gasteiger partial charge < -0.3 is 14.7 Å². The molecule has 0 fully saturated rings. The number of fused-ring (bicyclic) bond motifs is 4. The van der Waals surface area contributed by atoms with Crippen LogP contribution >= 0.6 is 0 Å². The average molecular weight is 385 g/mol. The fourth-order valence-corrected chi connectivity index (χ4v) is 4.69. The molecule has 0 saturated carbocycles. The highest BCUT2D eigenvalue weighted by Crippen LogP contribution is 2.44. The summed E-state index contributed by atoms with van der Waals surface area (Å²) in [6.07, 6.45) is -0.320. The highest BCUT2D eigenvalue weighted by atomic mass is 16.6. The summed E-state index contributed by atoms with van der Waals surface area (Å²) in [5.41, 5.74) is 7.05. The van der Waals surface area contributed by atoms with Crippen molar-refractivity contribution < 1.29 is 14.6 Å². The molecule has 0 aromatic heterocycles. The van der Waals surface area contributed by atoms with Crippen LogP contribution in [0.3, 0.4) is 0 Å². The molecule has 29 heavy (non-hydrogen) atoms. The first-order chi connectivity index (χ1) is 14.3. The summed E-state index contributed by atoms with van der Waals surface area (Å²) in [4.78, 5) is 14.6. The summed E-state index contributed by atoms with van der Waals surface area (Å²) in [5, 5.41) is 9.78. The van der Waals surface area contributed by atoms with E-state index in [4.69, 9.17) is 4.74 Å². The van der Waals surface area contributed by atoms with Crippen LogP contribution in [0.15, 0.2) is 72.8 Å². The van der Waals surface area contributed by atoms with Crippen molar-refractivity contribution in [3.05, 3.63) is 95.1 Å². The van der Waals surface area contributed by atoms with E-state index >= 15 is 0 Å². The van der Waals surface area contributed by atoms with Crippen molar-refractivity contribution in [2.75, 3.05) is 19.8 Å². The lowest BCUT2D eigenvalue weighted by Gasteiger charge is -2.33. The summed E-state index contributed by atoms with van der Waals surface area (Å²) in [6.45, 7) is 1.33. The van der Waals surface area contributed by atoms with Crippen LogP contribution in [-0.4, -0.2) is 35.9 Å². The van der Waals surface area contributed by atoms with Crippen molar-refractivity contribution in [2.24, 2.45) is 0 Å². The van der Waals surface area contributed by atoms with Gasteiger partial charge in [-0.25, -0.2) is 4.79 Å². The number of carbonyl (C=O) groups excluding carboxylic acids is 1. The van der Waals surface area contributed by atoms with Gasteiger partial charge in [0.1, 0.15) is 6.61 Å². The van der Waals surface area contributed by atoms with E-state index in [1.165, 1.54) is 22.3 Å². The van der Waals surface area contributed by atoms with Crippen molar-refractivity contribution in [3.8, 4) is 11.1 Å². The maximum atomic E-state index is 12.9. The molecular weight excluding hydrogens is 362 g/mol. The quantitative estimate of drug-likeness (QED) is 0.721. The maximum Gasteiger partial charge on any atom is 0.410 e. The van der Waals surface area contributed by atoms with Gasteiger partial charge in [0.05, 0.1) is 6.61 Å². The fourth-order valence-electron chi connectivity index (χ4n) is 4.69. The molecule has 1 aliphatic carbocycles. The van der Waals surface area contributed by atoms with Crippen LogP contribution in [0.4, 0.5) is 4.79 Å². The molecule has 0 bridgehead atoms. The molecular formula is C25H23NO3. The second-order valence-corrected chi connectivity index (χ2v) is 7.76. The number of amides is 1. The summed E-state index contributed by atoms with van der Waals surface area (Å²) < 4.78 is 5.79. The minimum Gasteiger partial charge on any atom is -0.448 e. The SMILES string of the molecule is O=C(OCC1c2ccccc2-c2ccccc21)N1Cc2ccccc2C(CO)C1. The van der Waals surface area contributed by atoms with E-state index in [0.717, 1.165) is 11.1 Å². The minimum atomic E-state index is -0.320. The Morgan fingerprint density at radius 1 is 0.897 bits per heavy atom. The standard InChI is InChI=1S/C25H23NO3/c27-15-18-14-26(13-17-7-1-2-8-19(17)18)25(28)29-16-24-22-11-5-3-9-20(22)21-10-4-6-12-23(21)24/h1-12,18,24,27H,13-16H2. The van der Waals surface area contributed by atoms with Gasteiger partial charge in [-0.1, -0.05) is 72.8 Å². The number of ether oxygens (including phenoxy) is 1. The van der Waals surface area contributed by atoms with Crippen LogP contribution in [0.5, 0.6) is 0 Å². The molecule has 0 spiro atoms. The van der Waals surface area contributed by atoms with E-state index in [0.29, 0.717) is 19.7 Å². The van der Waals surface area contributed by atoms with E-state index in [-0.39, 0.29) is 24.5 Å². The molecule has 0 saturated heterocycles. The molecule has 1 unspecified atom stereocenters. The van der Waals surface area contributed by atoms with Gasteiger partial charge in [0.15, 0.2) is 0 Å². The van der Waals surface area contributed by atoms with Gasteiger partial charge in [-0.05, 0) is 33.4 Å². The summed E-state index contributed by atoms with van der Waals surface area (Å²) in [5.74, 6) is -0.0162. The van der Waals surface area contributed by atoms with E-state index < -0.39 is 0 Å². The van der Waals surface area contributed by atoms with Gasteiger partial charge in [-0.2, -0.15) is 0 Å². The monoisotopic (exact) mass is 385 g/mol. The lowest BCUT2D eigenvalue weighted by Crippen LogP contribution is -2.40. The zero-order chi connectivity index (χ0) is 19.8. The highest BCUT2D eigenvalue weighted by Gasteiger charge is 2.32. The first kappa shape index (κ1) is 18.0. The number of nitrogens with zero attached hydrogens (tertiary/aromatic N) is 1. The molecule has 1 N–H and O–H groups in total. The Kier molecular flexibility index (Phi) is 4.57. The first-order valence-corrected chi connectivity index (χ1v) is 10.0. The summed E-state index contributed by atoms with van der Waals surface area (Å²) >= 11 is 0. The van der Waals surface area contributed by atoms with Crippen LogP contribution in [0, 0.1) is 0 Å². The Balaban J connectivity index is 1.34. The molecule has 146 valence electrons. The zero-order valence-corrected chi connectivity index (χ0v) is 16.1. The topological polar surface area (TPSA) is 49.8 Å². The molecule has 1 heterocycles. The molecule has 2 aliphatic rings. The van der Waals surface area contributed by atoms with Crippen molar-refractivity contribution in [1.29, 1.82) is 0 Å². The number of carbonyl (C=O) groups is 1. The number of aliphatic hydroxyl groups is 1. The molecule has 4 nitrogen and oxygen atoms in total. The Labute approximate surface area is 170 Å². The van der Waals surface area contributed by atoms with Gasteiger partial charge in [0.25, 0.3) is 0 Å². The maximum absolute atomic E-state index is 12.9. The summed E-state index contributed by atoms with van der Waals surface area (Å²) in [6, 6.07) is 24.6. The van der Waals surface area contributed by atoms with E-state index in [1.54, 1.807) is 4.90 Å². The summed E-state index contributed by atoms with van der Waals surface area (Å²) in [7, 11) is 0. The normalized spacial score (nSPS) is 17.4. The molecule has 1 amide bonds. The van der Waals surface area contributed by atoms with Gasteiger partial charge in [-0.15, -0.1) is 0 Å². The third kappa shape index (κ3) is 3.10. The van der Waals surface area contributed by atoms with Crippen LogP contribution in [0.2, 0.25) is 0 Å². The van der Waals surface area contributed by atoms with Crippen molar-refractivity contribution in [1.82, 2.24) is 4.90 Å². The lowest BCUT2D eigenvalue weighted by atomic mass is 9.90. The van der Waals surface area contributed by atoms with Gasteiger partial charge in [0.2, 0.25) is 0 Å². The number of aliphatic hydroxyl groups excluding tert-OH is 1. The minimum absolute atomic E-state index is 0.0180. The van der Waals surface area contributed by atoms with Crippen LogP contribution < -0.4 is 0 Å². The predicted molar refractivity (Wildman–Crippen MR) is 112 cm³/mol. The fraction of sp³-hybridized carbons (Fsp3) is 0.240. The predicted octanol–water partition coefficient (Wildman–Crippen LogP) is 4.53. The van der Waals surface area contributed by atoms with Crippen LogP contribution in [0.1, 0.15) is 34.1 Å². The first-order valence-electron chi connectivity index (χ1n) is 10.0. The van der Waals surface area contributed by atoms with Crippen LogP contribution in [0.25, 0.3) is 11.1 Å². The Morgan fingerprint density at radius 3 is 2.14 bits per heavy atom. The largest absolute Gasteiger partial charge is 0.448 e. The van der Waals surface area contributed by atoms with Gasteiger partial charge >= 0.3 is 6.09 Å². The second-order valence-electron chi connectivity index (χ2n) is 7.76.